The van der Waals surface area contributed by atoms with Crippen molar-refractivity contribution in [1.29, 1.82) is 0 Å². The van der Waals surface area contributed by atoms with Crippen LogP contribution in [0.25, 0.3) is 11.1 Å². The van der Waals surface area contributed by atoms with Crippen molar-refractivity contribution in [3.63, 3.8) is 0 Å². The summed E-state index contributed by atoms with van der Waals surface area (Å²) in [4.78, 5) is 0. The number of rotatable bonds is 1. The van der Waals surface area contributed by atoms with Gasteiger partial charge >= 0.3 is 0 Å². The van der Waals surface area contributed by atoms with Crippen molar-refractivity contribution in [3.05, 3.63) is 56.9 Å². The zero-order valence-electron chi connectivity index (χ0n) is 8.58. The lowest BCUT2D eigenvalue weighted by atomic mass is 10.0. The molecule has 0 saturated carbocycles. The maximum atomic E-state index is 13.5. The average molecular weight is 370 g/mol. The van der Waals surface area contributed by atoms with E-state index < -0.39 is 34.6 Å². The summed E-state index contributed by atoms with van der Waals surface area (Å²) in [5.41, 5.74) is -0.942. The van der Waals surface area contributed by atoms with Crippen LogP contribution in [0, 0.1) is 32.7 Å². The van der Waals surface area contributed by atoms with E-state index in [1.807, 2.05) is 0 Å². The fourth-order valence-corrected chi connectivity index (χ4v) is 2.16. The molecule has 2 aromatic rings. The second-order valence-electron chi connectivity index (χ2n) is 3.42. The zero-order valence-corrected chi connectivity index (χ0v) is 10.7. The number of halogens is 6. The van der Waals surface area contributed by atoms with Crippen LogP contribution in [0.15, 0.2) is 24.3 Å². The Bertz CT molecular complexity index is 595. The van der Waals surface area contributed by atoms with Crippen molar-refractivity contribution in [2.24, 2.45) is 0 Å². The van der Waals surface area contributed by atoms with Crippen LogP contribution in [0.2, 0.25) is 0 Å². The van der Waals surface area contributed by atoms with Crippen LogP contribution in [0.3, 0.4) is 0 Å². The largest absolute Gasteiger partial charge is 0.203 e. The molecule has 94 valence electrons. The lowest BCUT2D eigenvalue weighted by Gasteiger charge is -2.09. The first-order chi connectivity index (χ1) is 8.45. The van der Waals surface area contributed by atoms with Crippen LogP contribution in [0.4, 0.5) is 22.0 Å². The number of hydrogen-bond donors (Lipinski definition) is 0. The standard InChI is InChI=1S/C12H4F5I/c13-8-7(5-3-1-2-4-6(5)18)9(14)11(16)12(17)10(8)15/h1-4H. The van der Waals surface area contributed by atoms with E-state index >= 15 is 0 Å². The molecular formula is C12H4F5I. The van der Waals surface area contributed by atoms with Gasteiger partial charge in [-0.15, -0.1) is 0 Å². The first-order valence-corrected chi connectivity index (χ1v) is 5.79. The molecule has 0 aliphatic rings. The summed E-state index contributed by atoms with van der Waals surface area (Å²) in [5, 5.41) is 0. The third kappa shape index (κ3) is 1.98. The SMILES string of the molecule is Fc1c(F)c(F)c(-c2ccccc2I)c(F)c1F. The molecule has 0 unspecified atom stereocenters. The van der Waals surface area contributed by atoms with Gasteiger partial charge in [0.1, 0.15) is 0 Å². The highest BCUT2D eigenvalue weighted by molar-refractivity contribution is 14.1. The minimum Gasteiger partial charge on any atom is -0.203 e. The van der Waals surface area contributed by atoms with Gasteiger partial charge in [-0.3, -0.25) is 0 Å². The van der Waals surface area contributed by atoms with E-state index in [2.05, 4.69) is 0 Å². The Balaban J connectivity index is 2.85. The Morgan fingerprint density at radius 3 is 1.61 bits per heavy atom. The van der Waals surface area contributed by atoms with Crippen LogP contribution in [0.5, 0.6) is 0 Å². The summed E-state index contributed by atoms with van der Waals surface area (Å²) in [7, 11) is 0. The lowest BCUT2D eigenvalue weighted by Crippen LogP contribution is -2.04. The van der Waals surface area contributed by atoms with Gasteiger partial charge in [0.2, 0.25) is 5.82 Å². The predicted molar refractivity (Wildman–Crippen MR) is 64.4 cm³/mol. The number of benzene rings is 2. The number of hydrogen-bond acceptors (Lipinski definition) is 0. The van der Waals surface area contributed by atoms with E-state index in [0.29, 0.717) is 3.57 Å². The van der Waals surface area contributed by atoms with Gasteiger partial charge < -0.3 is 0 Å². The minimum atomic E-state index is -2.15. The molecule has 0 heterocycles. The van der Waals surface area contributed by atoms with Gasteiger partial charge in [0.25, 0.3) is 0 Å². The molecule has 18 heavy (non-hydrogen) atoms. The third-order valence-corrected chi connectivity index (χ3v) is 3.29. The van der Waals surface area contributed by atoms with E-state index in [1.165, 1.54) is 18.2 Å². The Hall–Kier alpha value is -1.18. The average Bonchev–Trinajstić information content (AvgIpc) is 2.36. The van der Waals surface area contributed by atoms with Crippen molar-refractivity contribution >= 4 is 22.6 Å². The monoisotopic (exact) mass is 370 g/mol. The first-order valence-electron chi connectivity index (χ1n) is 4.71. The summed E-state index contributed by atoms with van der Waals surface area (Å²) in [6.07, 6.45) is 0. The van der Waals surface area contributed by atoms with Crippen molar-refractivity contribution < 1.29 is 22.0 Å². The molecule has 0 aliphatic carbocycles. The van der Waals surface area contributed by atoms with Gasteiger partial charge in [-0.05, 0) is 28.7 Å². The summed E-state index contributed by atoms with van der Waals surface area (Å²) in [6.45, 7) is 0. The molecule has 0 spiro atoms. The molecule has 0 nitrogen and oxygen atoms in total. The summed E-state index contributed by atoms with van der Waals surface area (Å²) >= 11 is 1.76. The highest BCUT2D eigenvalue weighted by atomic mass is 127. The fourth-order valence-electron chi connectivity index (χ4n) is 1.51. The highest BCUT2D eigenvalue weighted by Crippen LogP contribution is 2.33. The Labute approximate surface area is 113 Å². The zero-order chi connectivity index (χ0) is 13.4. The molecule has 0 fully saturated rings. The molecule has 0 saturated heterocycles. The first kappa shape index (κ1) is 13.3. The molecule has 2 aromatic carbocycles. The van der Waals surface area contributed by atoms with Crippen LogP contribution in [-0.2, 0) is 0 Å². The fraction of sp³-hybridized carbons (Fsp3) is 0. The smallest absolute Gasteiger partial charge is 0.200 e. The van der Waals surface area contributed by atoms with E-state index in [1.54, 1.807) is 28.7 Å². The van der Waals surface area contributed by atoms with Gasteiger partial charge in [0.05, 0.1) is 5.56 Å². The van der Waals surface area contributed by atoms with Crippen molar-refractivity contribution in [2.45, 2.75) is 0 Å². The Morgan fingerprint density at radius 1 is 0.667 bits per heavy atom. The third-order valence-electron chi connectivity index (χ3n) is 2.35. The second-order valence-corrected chi connectivity index (χ2v) is 4.59. The van der Waals surface area contributed by atoms with Gasteiger partial charge in [-0.1, -0.05) is 18.2 Å². The van der Waals surface area contributed by atoms with Crippen molar-refractivity contribution in [1.82, 2.24) is 0 Å². The van der Waals surface area contributed by atoms with Crippen LogP contribution < -0.4 is 0 Å². The summed E-state index contributed by atoms with van der Waals surface area (Å²) in [6, 6.07) is 5.85. The molecule has 0 N–H and O–H groups in total. The minimum absolute atomic E-state index is 0.0362. The Kier molecular flexibility index (Phi) is 3.56. The van der Waals surface area contributed by atoms with E-state index in [-0.39, 0.29) is 5.56 Å². The summed E-state index contributed by atoms with van der Waals surface area (Å²) in [5.74, 6) is -9.68. The normalized spacial score (nSPS) is 10.8. The summed E-state index contributed by atoms with van der Waals surface area (Å²) < 4.78 is 66.5. The highest BCUT2D eigenvalue weighted by Gasteiger charge is 2.27. The molecule has 0 atom stereocenters. The molecule has 2 rings (SSSR count). The maximum Gasteiger partial charge on any atom is 0.200 e. The Morgan fingerprint density at radius 2 is 1.11 bits per heavy atom. The molecule has 0 radical (unpaired) electrons. The topological polar surface area (TPSA) is 0 Å². The quantitative estimate of drug-likeness (QED) is 0.297. The van der Waals surface area contributed by atoms with Crippen LogP contribution in [0.1, 0.15) is 0 Å². The molecule has 6 heteroatoms. The maximum absolute atomic E-state index is 13.5. The van der Waals surface area contributed by atoms with Gasteiger partial charge in [-0.2, -0.15) is 0 Å². The molecular weight excluding hydrogens is 366 g/mol. The van der Waals surface area contributed by atoms with Gasteiger partial charge in [0, 0.05) is 9.13 Å². The van der Waals surface area contributed by atoms with Crippen LogP contribution in [-0.4, -0.2) is 0 Å². The molecule has 0 amide bonds. The second kappa shape index (κ2) is 4.83. The molecule has 0 aromatic heterocycles. The van der Waals surface area contributed by atoms with E-state index in [4.69, 9.17) is 0 Å². The van der Waals surface area contributed by atoms with E-state index in [0.717, 1.165) is 0 Å². The van der Waals surface area contributed by atoms with Gasteiger partial charge in [0.15, 0.2) is 23.3 Å². The lowest BCUT2D eigenvalue weighted by molar-refractivity contribution is 0.381. The molecule has 0 bridgehead atoms. The van der Waals surface area contributed by atoms with Crippen LogP contribution >= 0.6 is 22.6 Å². The van der Waals surface area contributed by atoms with Crippen molar-refractivity contribution in [3.8, 4) is 11.1 Å². The van der Waals surface area contributed by atoms with E-state index in [9.17, 15) is 22.0 Å². The van der Waals surface area contributed by atoms with Gasteiger partial charge in [-0.25, -0.2) is 22.0 Å². The predicted octanol–water partition coefficient (Wildman–Crippen LogP) is 4.65. The molecule has 0 aliphatic heterocycles. The van der Waals surface area contributed by atoms with Crippen molar-refractivity contribution in [2.75, 3.05) is 0 Å².